The van der Waals surface area contributed by atoms with Crippen molar-refractivity contribution in [3.63, 3.8) is 0 Å². The first-order valence-electron chi connectivity index (χ1n) is 10.3. The van der Waals surface area contributed by atoms with Gasteiger partial charge in [0, 0.05) is 16.3 Å². The van der Waals surface area contributed by atoms with Gasteiger partial charge in [0.2, 0.25) is 0 Å². The first kappa shape index (κ1) is 21.3. The maximum atomic E-state index is 14.7. The minimum Gasteiger partial charge on any atom is -0.455 e. The monoisotopic (exact) mass is 438 g/mol. The van der Waals surface area contributed by atoms with Crippen LogP contribution in [0.3, 0.4) is 0 Å². The number of aryl methyl sites for hydroxylation is 2. The van der Waals surface area contributed by atoms with Gasteiger partial charge in [-0.25, -0.2) is 4.39 Å². The Bertz CT molecular complexity index is 1110. The maximum absolute atomic E-state index is 14.7. The van der Waals surface area contributed by atoms with Gasteiger partial charge in [-0.1, -0.05) is 35.9 Å². The van der Waals surface area contributed by atoms with Gasteiger partial charge in [0.15, 0.2) is 5.75 Å². The molecule has 1 aromatic heterocycles. The zero-order valence-electron chi connectivity index (χ0n) is 17.5. The highest BCUT2D eigenvalue weighted by Gasteiger charge is 2.24. The third-order valence-electron chi connectivity index (χ3n) is 5.32. The number of benzene rings is 2. The van der Waals surface area contributed by atoms with Gasteiger partial charge in [0.05, 0.1) is 18.3 Å². The number of aromatic nitrogens is 1. The minimum atomic E-state index is -1.42. The van der Waals surface area contributed by atoms with Crippen LogP contribution < -0.4 is 10.1 Å². The molecule has 1 saturated carbocycles. The highest BCUT2D eigenvalue weighted by atomic mass is 35.5. The van der Waals surface area contributed by atoms with E-state index in [2.05, 4.69) is 16.4 Å². The molecule has 1 amide bonds. The van der Waals surface area contributed by atoms with Gasteiger partial charge in [0.1, 0.15) is 11.9 Å². The van der Waals surface area contributed by atoms with E-state index in [1.54, 1.807) is 31.2 Å². The summed E-state index contributed by atoms with van der Waals surface area (Å²) < 4.78 is 20.7. The fourth-order valence-electron chi connectivity index (χ4n) is 3.46. The molecule has 4 nitrogen and oxygen atoms in total. The first-order valence-corrected chi connectivity index (χ1v) is 10.7. The molecule has 1 atom stereocenters. The Hall–Kier alpha value is -2.92. The lowest BCUT2D eigenvalue weighted by molar-refractivity contribution is 0.0939. The lowest BCUT2D eigenvalue weighted by Gasteiger charge is -2.15. The topological polar surface area (TPSA) is 51.2 Å². The van der Waals surface area contributed by atoms with Crippen molar-refractivity contribution in [2.75, 3.05) is 6.54 Å². The van der Waals surface area contributed by atoms with Crippen LogP contribution in [0.1, 0.15) is 57.7 Å². The second-order valence-electron chi connectivity index (χ2n) is 7.97. The van der Waals surface area contributed by atoms with Gasteiger partial charge in [0.25, 0.3) is 5.91 Å². The van der Waals surface area contributed by atoms with Gasteiger partial charge in [-0.05, 0) is 68.0 Å². The fraction of sp³-hybridized carbons (Fsp3) is 0.280. The van der Waals surface area contributed by atoms with Crippen LogP contribution in [0.5, 0.6) is 11.5 Å². The van der Waals surface area contributed by atoms with Crippen LogP contribution in [-0.2, 0) is 0 Å². The Morgan fingerprint density at radius 2 is 2.03 bits per heavy atom. The van der Waals surface area contributed by atoms with E-state index in [4.69, 9.17) is 16.3 Å². The van der Waals surface area contributed by atoms with E-state index < -0.39 is 12.1 Å². The number of halogens is 2. The lowest BCUT2D eigenvalue weighted by atomic mass is 10.1. The van der Waals surface area contributed by atoms with Gasteiger partial charge < -0.3 is 10.1 Å². The molecule has 0 radical (unpaired) electrons. The Kier molecular flexibility index (Phi) is 6.23. The van der Waals surface area contributed by atoms with E-state index in [0.29, 0.717) is 39.3 Å². The largest absolute Gasteiger partial charge is 0.455 e. The van der Waals surface area contributed by atoms with Crippen molar-refractivity contribution in [2.45, 2.75) is 38.8 Å². The number of amides is 1. The highest BCUT2D eigenvalue weighted by molar-refractivity contribution is 6.31. The van der Waals surface area contributed by atoms with Gasteiger partial charge in [-0.3, -0.25) is 9.78 Å². The molecule has 1 heterocycles. The molecular formula is C25H24ClFN2O2. The van der Waals surface area contributed by atoms with Crippen LogP contribution >= 0.6 is 11.6 Å². The Labute approximate surface area is 186 Å². The number of pyridine rings is 1. The minimum absolute atomic E-state index is 0.195. The number of alkyl halides is 1. The number of nitrogens with zero attached hydrogens (tertiary/aromatic N) is 1. The molecule has 6 heteroatoms. The maximum Gasteiger partial charge on any atom is 0.255 e. The Morgan fingerprint density at radius 3 is 2.77 bits per heavy atom. The van der Waals surface area contributed by atoms with Crippen LogP contribution in [0.25, 0.3) is 0 Å². The average molecular weight is 439 g/mol. The van der Waals surface area contributed by atoms with Crippen LogP contribution in [0.2, 0.25) is 5.02 Å². The lowest BCUT2D eigenvalue weighted by Crippen LogP contribution is -2.27. The van der Waals surface area contributed by atoms with E-state index in [0.717, 1.165) is 5.56 Å². The van der Waals surface area contributed by atoms with E-state index in [1.165, 1.54) is 24.6 Å². The highest BCUT2D eigenvalue weighted by Crippen LogP contribution is 2.41. The molecule has 3 aromatic rings. The number of carbonyl (C=O) groups is 1. The molecule has 2 aromatic carbocycles. The SMILES string of the molecule is Cc1ccc(C(F)CNC(=O)c2cc(C)ncc2Oc2cccc(C3CC3)c2)c(Cl)c1. The normalized spacial score (nSPS) is 14.2. The van der Waals surface area contributed by atoms with E-state index in [9.17, 15) is 9.18 Å². The molecule has 31 heavy (non-hydrogen) atoms. The smallest absolute Gasteiger partial charge is 0.255 e. The van der Waals surface area contributed by atoms with Crippen LogP contribution in [0, 0.1) is 13.8 Å². The van der Waals surface area contributed by atoms with Crippen LogP contribution in [0.4, 0.5) is 4.39 Å². The summed E-state index contributed by atoms with van der Waals surface area (Å²) in [6.45, 7) is 3.48. The number of carbonyl (C=O) groups excluding carboxylic acids is 1. The summed E-state index contributed by atoms with van der Waals surface area (Å²) in [5.74, 6) is 1.15. The average Bonchev–Trinajstić information content (AvgIpc) is 3.59. The molecule has 1 aliphatic carbocycles. The molecule has 0 bridgehead atoms. The summed E-state index contributed by atoms with van der Waals surface area (Å²) in [6, 6.07) is 14.7. The predicted octanol–water partition coefficient (Wildman–Crippen LogP) is 6.46. The summed E-state index contributed by atoms with van der Waals surface area (Å²) in [4.78, 5) is 17.1. The van der Waals surface area contributed by atoms with Crippen molar-refractivity contribution in [1.82, 2.24) is 10.3 Å². The molecular weight excluding hydrogens is 415 g/mol. The number of rotatable bonds is 7. The standard InChI is InChI=1S/C25H24ClFN2O2/c1-15-6-9-20(22(26)10-15)23(27)13-29-25(30)21-11-16(2)28-14-24(21)31-19-5-3-4-18(12-19)17-7-8-17/h3-6,9-12,14,17,23H,7-8,13H2,1-2H3,(H,29,30). The summed E-state index contributed by atoms with van der Waals surface area (Å²) in [5.41, 5.74) is 3.52. The molecule has 0 saturated heterocycles. The molecule has 1 aliphatic rings. The summed E-state index contributed by atoms with van der Waals surface area (Å²) in [7, 11) is 0. The van der Waals surface area contributed by atoms with Crippen molar-refractivity contribution in [2.24, 2.45) is 0 Å². The van der Waals surface area contributed by atoms with Crippen LogP contribution in [0.15, 0.2) is 54.7 Å². The van der Waals surface area contributed by atoms with Gasteiger partial charge >= 0.3 is 0 Å². The zero-order valence-corrected chi connectivity index (χ0v) is 18.2. The Balaban J connectivity index is 1.48. The molecule has 1 fully saturated rings. The summed E-state index contributed by atoms with van der Waals surface area (Å²) >= 11 is 6.15. The number of hydrogen-bond donors (Lipinski definition) is 1. The van der Waals surface area contributed by atoms with Crippen LogP contribution in [-0.4, -0.2) is 17.4 Å². The van der Waals surface area contributed by atoms with Crippen molar-refractivity contribution >= 4 is 17.5 Å². The molecule has 1 N–H and O–H groups in total. The van der Waals surface area contributed by atoms with E-state index >= 15 is 0 Å². The molecule has 160 valence electrons. The number of nitrogens with one attached hydrogen (secondary N) is 1. The fourth-order valence-corrected chi connectivity index (χ4v) is 3.81. The Morgan fingerprint density at radius 1 is 1.23 bits per heavy atom. The zero-order chi connectivity index (χ0) is 22.0. The second-order valence-corrected chi connectivity index (χ2v) is 8.38. The second kappa shape index (κ2) is 9.06. The van der Waals surface area contributed by atoms with Gasteiger partial charge in [-0.15, -0.1) is 0 Å². The molecule has 0 spiro atoms. The molecule has 4 rings (SSSR count). The summed E-state index contributed by atoms with van der Waals surface area (Å²) in [6.07, 6.45) is 2.49. The van der Waals surface area contributed by atoms with Crippen molar-refractivity contribution in [3.8, 4) is 11.5 Å². The molecule has 1 unspecified atom stereocenters. The van der Waals surface area contributed by atoms with E-state index in [1.807, 2.05) is 25.1 Å². The first-order chi connectivity index (χ1) is 14.9. The quantitative estimate of drug-likeness (QED) is 0.460. The van der Waals surface area contributed by atoms with Crippen molar-refractivity contribution in [1.29, 1.82) is 0 Å². The molecule has 0 aliphatic heterocycles. The predicted molar refractivity (Wildman–Crippen MR) is 120 cm³/mol. The van der Waals surface area contributed by atoms with Crippen molar-refractivity contribution < 1.29 is 13.9 Å². The number of hydrogen-bond acceptors (Lipinski definition) is 3. The summed E-state index contributed by atoms with van der Waals surface area (Å²) in [5, 5.41) is 3.00. The van der Waals surface area contributed by atoms with Gasteiger partial charge in [-0.2, -0.15) is 0 Å². The van der Waals surface area contributed by atoms with E-state index in [-0.39, 0.29) is 6.54 Å². The van der Waals surface area contributed by atoms with Crippen molar-refractivity contribution in [3.05, 3.63) is 87.7 Å². The third-order valence-corrected chi connectivity index (χ3v) is 5.65. The third kappa shape index (κ3) is 5.23. The number of ether oxygens (including phenoxy) is 1.